The molecule has 106 valence electrons. The third-order valence-electron chi connectivity index (χ3n) is 2.62. The lowest BCUT2D eigenvalue weighted by molar-refractivity contribution is 0.888. The summed E-state index contributed by atoms with van der Waals surface area (Å²) in [4.78, 5) is 9.67. The van der Waals surface area contributed by atoms with Crippen LogP contribution in [0.4, 0.5) is 0 Å². The van der Waals surface area contributed by atoms with Crippen molar-refractivity contribution in [1.82, 2.24) is 9.97 Å². The minimum Gasteiger partial charge on any atom is -0.220 e. The van der Waals surface area contributed by atoms with Crippen LogP contribution in [0.5, 0.6) is 0 Å². The minimum atomic E-state index is 0.452. The van der Waals surface area contributed by atoms with Crippen molar-refractivity contribution in [3.63, 3.8) is 0 Å². The summed E-state index contributed by atoms with van der Waals surface area (Å²) in [5.74, 6) is 1.23. The molecule has 1 heterocycles. The Morgan fingerprint density at radius 1 is 1.10 bits per heavy atom. The van der Waals surface area contributed by atoms with Gasteiger partial charge in [-0.3, -0.25) is 0 Å². The van der Waals surface area contributed by atoms with Gasteiger partial charge in [0.15, 0.2) is 0 Å². The van der Waals surface area contributed by atoms with Crippen LogP contribution in [0.25, 0.3) is 0 Å². The fourth-order valence-corrected chi connectivity index (χ4v) is 3.37. The van der Waals surface area contributed by atoms with Gasteiger partial charge in [0.25, 0.3) is 0 Å². The van der Waals surface area contributed by atoms with Crippen molar-refractivity contribution in [3.8, 4) is 0 Å². The first-order valence-electron chi connectivity index (χ1n) is 6.19. The van der Waals surface area contributed by atoms with Gasteiger partial charge < -0.3 is 0 Å². The number of rotatable bonds is 5. The molecular weight excluding hydrogens is 335 g/mol. The fourth-order valence-electron chi connectivity index (χ4n) is 1.70. The van der Waals surface area contributed by atoms with Crippen molar-refractivity contribution >= 4 is 46.6 Å². The molecule has 0 aliphatic carbocycles. The smallest absolute Gasteiger partial charge is 0.142 e. The number of aromatic nitrogens is 2. The summed E-state index contributed by atoms with van der Waals surface area (Å²) in [7, 11) is 0. The third kappa shape index (κ3) is 4.26. The van der Waals surface area contributed by atoms with Crippen molar-refractivity contribution in [1.29, 1.82) is 0 Å². The molecular formula is C14H13Cl3N2S. The Morgan fingerprint density at radius 3 is 2.40 bits per heavy atom. The minimum absolute atomic E-state index is 0.452. The highest BCUT2D eigenvalue weighted by molar-refractivity contribution is 7.98. The molecule has 0 bridgehead atoms. The number of hydrogen-bond acceptors (Lipinski definition) is 3. The number of thioether (sulfide) groups is 1. The zero-order chi connectivity index (χ0) is 14.5. The SMILES string of the molecule is CCCc1c(Cl)nc(CSc2cccc(Cl)c2)nc1Cl. The van der Waals surface area contributed by atoms with E-state index >= 15 is 0 Å². The van der Waals surface area contributed by atoms with Crippen molar-refractivity contribution in [2.24, 2.45) is 0 Å². The second-order valence-electron chi connectivity index (χ2n) is 4.20. The van der Waals surface area contributed by atoms with E-state index in [1.165, 1.54) is 0 Å². The highest BCUT2D eigenvalue weighted by atomic mass is 35.5. The molecule has 0 spiro atoms. The monoisotopic (exact) mass is 346 g/mol. The van der Waals surface area contributed by atoms with E-state index in [9.17, 15) is 0 Å². The largest absolute Gasteiger partial charge is 0.220 e. The second-order valence-corrected chi connectivity index (χ2v) is 6.40. The molecule has 20 heavy (non-hydrogen) atoms. The van der Waals surface area contributed by atoms with E-state index < -0.39 is 0 Å². The third-order valence-corrected chi connectivity index (χ3v) is 4.47. The van der Waals surface area contributed by atoms with E-state index in [1.54, 1.807) is 11.8 Å². The van der Waals surface area contributed by atoms with Gasteiger partial charge in [0.1, 0.15) is 16.1 Å². The molecule has 0 radical (unpaired) electrons. The average molecular weight is 348 g/mol. The van der Waals surface area contributed by atoms with Crippen LogP contribution in [-0.4, -0.2) is 9.97 Å². The number of halogens is 3. The summed E-state index contributed by atoms with van der Waals surface area (Å²) < 4.78 is 0. The first-order chi connectivity index (χ1) is 9.60. The molecule has 0 atom stereocenters. The van der Waals surface area contributed by atoms with Gasteiger partial charge in [-0.25, -0.2) is 9.97 Å². The summed E-state index contributed by atoms with van der Waals surface area (Å²) in [6.45, 7) is 2.07. The van der Waals surface area contributed by atoms with Crippen molar-refractivity contribution in [2.45, 2.75) is 30.4 Å². The number of nitrogens with zero attached hydrogens (tertiary/aromatic N) is 2. The molecule has 0 aliphatic heterocycles. The van der Waals surface area contributed by atoms with E-state index in [1.807, 2.05) is 24.3 Å². The maximum atomic E-state index is 6.15. The number of benzene rings is 1. The topological polar surface area (TPSA) is 25.8 Å². The lowest BCUT2D eigenvalue weighted by atomic mass is 10.2. The van der Waals surface area contributed by atoms with Gasteiger partial charge in [0, 0.05) is 15.5 Å². The molecule has 0 saturated carbocycles. The van der Waals surface area contributed by atoms with Gasteiger partial charge in [-0.1, -0.05) is 54.2 Å². The Kier molecular flexibility index (Phi) is 5.97. The van der Waals surface area contributed by atoms with Crippen LogP contribution in [0.2, 0.25) is 15.3 Å². The molecule has 0 N–H and O–H groups in total. The number of hydrogen-bond donors (Lipinski definition) is 0. The molecule has 2 nitrogen and oxygen atoms in total. The molecule has 0 aliphatic rings. The first kappa shape index (κ1) is 15.9. The van der Waals surface area contributed by atoms with Crippen LogP contribution in [0.3, 0.4) is 0 Å². The highest BCUT2D eigenvalue weighted by Crippen LogP contribution is 2.27. The normalized spacial score (nSPS) is 10.8. The van der Waals surface area contributed by atoms with E-state index in [0.29, 0.717) is 26.9 Å². The van der Waals surface area contributed by atoms with Gasteiger partial charge in [-0.05, 0) is 24.6 Å². The summed E-state index contributed by atoms with van der Waals surface area (Å²) >= 11 is 19.9. The lowest BCUT2D eigenvalue weighted by Crippen LogP contribution is -1.99. The predicted molar refractivity (Wildman–Crippen MR) is 87.1 cm³/mol. The Morgan fingerprint density at radius 2 is 1.80 bits per heavy atom. The van der Waals surface area contributed by atoms with Gasteiger partial charge >= 0.3 is 0 Å². The van der Waals surface area contributed by atoms with Gasteiger partial charge in [0.2, 0.25) is 0 Å². The van der Waals surface area contributed by atoms with E-state index in [-0.39, 0.29) is 0 Å². The van der Waals surface area contributed by atoms with E-state index in [2.05, 4.69) is 16.9 Å². The first-order valence-corrected chi connectivity index (χ1v) is 8.31. The summed E-state index contributed by atoms with van der Waals surface area (Å²) in [6.07, 6.45) is 1.75. The van der Waals surface area contributed by atoms with Crippen LogP contribution in [0, 0.1) is 0 Å². The summed E-state index contributed by atoms with van der Waals surface area (Å²) in [6, 6.07) is 7.65. The van der Waals surface area contributed by atoms with Gasteiger partial charge in [-0.2, -0.15) is 0 Å². The molecule has 2 aromatic rings. The van der Waals surface area contributed by atoms with Gasteiger partial charge in [-0.15, -0.1) is 11.8 Å². The summed E-state index contributed by atoms with van der Waals surface area (Å²) in [5.41, 5.74) is 0.826. The molecule has 0 unspecified atom stereocenters. The van der Waals surface area contributed by atoms with Crippen molar-refractivity contribution in [2.75, 3.05) is 0 Å². The van der Waals surface area contributed by atoms with Crippen molar-refractivity contribution < 1.29 is 0 Å². The molecule has 2 rings (SSSR count). The van der Waals surface area contributed by atoms with Crippen LogP contribution < -0.4 is 0 Å². The average Bonchev–Trinajstić information content (AvgIpc) is 2.41. The van der Waals surface area contributed by atoms with Crippen LogP contribution in [-0.2, 0) is 12.2 Å². The Labute approximate surface area is 137 Å². The molecule has 1 aromatic heterocycles. The molecule has 0 amide bonds. The lowest BCUT2D eigenvalue weighted by Gasteiger charge is -2.07. The zero-order valence-corrected chi connectivity index (χ0v) is 14.0. The van der Waals surface area contributed by atoms with Crippen LogP contribution in [0.15, 0.2) is 29.2 Å². The Balaban J connectivity index is 2.10. The quantitative estimate of drug-likeness (QED) is 0.514. The highest BCUT2D eigenvalue weighted by Gasteiger charge is 2.11. The maximum Gasteiger partial charge on any atom is 0.142 e. The maximum absolute atomic E-state index is 6.15. The molecule has 0 fully saturated rings. The molecule has 6 heteroatoms. The summed E-state index contributed by atoms with van der Waals surface area (Å²) in [5, 5.41) is 1.62. The second kappa shape index (κ2) is 7.51. The van der Waals surface area contributed by atoms with Crippen LogP contribution >= 0.6 is 46.6 Å². The Bertz CT molecular complexity index is 582. The fraction of sp³-hybridized carbons (Fsp3) is 0.286. The zero-order valence-electron chi connectivity index (χ0n) is 10.9. The standard InChI is InChI=1S/C14H13Cl3N2S/c1-2-4-11-13(16)18-12(19-14(11)17)8-20-10-6-3-5-9(15)7-10/h3,5-7H,2,4,8H2,1H3. The van der Waals surface area contributed by atoms with E-state index in [0.717, 1.165) is 23.3 Å². The van der Waals surface area contributed by atoms with Crippen molar-refractivity contribution in [3.05, 3.63) is 51.0 Å². The van der Waals surface area contributed by atoms with Crippen LogP contribution in [0.1, 0.15) is 24.7 Å². The van der Waals surface area contributed by atoms with Gasteiger partial charge in [0.05, 0.1) is 5.75 Å². The molecule has 0 saturated heterocycles. The van der Waals surface area contributed by atoms with E-state index in [4.69, 9.17) is 34.8 Å². The predicted octanol–water partition coefficient (Wildman–Crippen LogP) is 5.68. The Hall–Kier alpha value is -0.480. The molecule has 1 aromatic carbocycles.